The Morgan fingerprint density at radius 3 is 2.41 bits per heavy atom. The number of benzene rings is 2. The molecule has 2 aromatic heterocycles. The van der Waals surface area contributed by atoms with E-state index in [9.17, 15) is 13.2 Å². The third kappa shape index (κ3) is 4.97. The fourth-order valence-electron chi connectivity index (χ4n) is 3.34. The minimum Gasteiger partial charge on any atom is -0.489 e. The van der Waals surface area contributed by atoms with Crippen LogP contribution in [-0.4, -0.2) is 36.5 Å². The molecule has 0 fully saturated rings. The van der Waals surface area contributed by atoms with Crippen molar-refractivity contribution in [3.05, 3.63) is 95.8 Å². The minimum atomic E-state index is -3.57. The highest BCUT2D eigenvalue weighted by molar-refractivity contribution is 7.90. The molecular weight excluding hydrogens is 426 g/mol. The summed E-state index contributed by atoms with van der Waals surface area (Å²) in [5, 5.41) is 2.68. The summed E-state index contributed by atoms with van der Waals surface area (Å²) >= 11 is 0. The van der Waals surface area contributed by atoms with Crippen LogP contribution in [0.2, 0.25) is 0 Å². The Morgan fingerprint density at radius 1 is 0.969 bits per heavy atom. The molecular formula is C24H23N3O4S. The van der Waals surface area contributed by atoms with E-state index in [0.717, 1.165) is 23.1 Å². The largest absolute Gasteiger partial charge is 0.489 e. The van der Waals surface area contributed by atoms with Crippen LogP contribution in [-0.2, 0) is 22.9 Å². The number of fused-ring (bicyclic) bond motifs is 1. The van der Waals surface area contributed by atoms with E-state index >= 15 is 0 Å². The highest BCUT2D eigenvalue weighted by atomic mass is 32.2. The Hall–Kier alpha value is -3.65. The molecule has 0 aliphatic heterocycles. The lowest BCUT2D eigenvalue weighted by Gasteiger charge is -2.08. The summed E-state index contributed by atoms with van der Waals surface area (Å²) in [6, 6.07) is 22.8. The first-order valence-corrected chi connectivity index (χ1v) is 12.0. The number of rotatable bonds is 8. The molecule has 164 valence electrons. The Labute approximate surface area is 186 Å². The standard InChI is InChI=1S/C24H23N3O4S/c1-32(29,30)24-26-22(21-9-5-6-16-27(21)24)23(28)25-15-14-18-10-12-20(13-11-18)31-17-19-7-3-2-4-8-19/h2-13,16H,14-15,17H2,1H3,(H,25,28). The summed E-state index contributed by atoms with van der Waals surface area (Å²) in [4.78, 5) is 16.8. The molecule has 1 N–H and O–H groups in total. The van der Waals surface area contributed by atoms with Crippen LogP contribution >= 0.6 is 0 Å². The van der Waals surface area contributed by atoms with Crippen LogP contribution in [0.5, 0.6) is 5.75 Å². The van der Waals surface area contributed by atoms with Crippen molar-refractivity contribution in [1.29, 1.82) is 0 Å². The second kappa shape index (κ2) is 9.23. The zero-order valence-corrected chi connectivity index (χ0v) is 18.4. The van der Waals surface area contributed by atoms with Gasteiger partial charge in [-0.25, -0.2) is 13.4 Å². The van der Waals surface area contributed by atoms with Crippen LogP contribution in [0.15, 0.2) is 84.1 Å². The van der Waals surface area contributed by atoms with Crippen LogP contribution in [0.3, 0.4) is 0 Å². The number of aromatic nitrogens is 2. The van der Waals surface area contributed by atoms with Gasteiger partial charge >= 0.3 is 0 Å². The lowest BCUT2D eigenvalue weighted by molar-refractivity contribution is 0.0951. The van der Waals surface area contributed by atoms with Gasteiger partial charge in [-0.1, -0.05) is 48.5 Å². The SMILES string of the molecule is CS(=O)(=O)c1nc(C(=O)NCCc2ccc(OCc3ccccc3)cc2)c2ccccn12. The molecule has 0 aliphatic rings. The molecule has 8 heteroatoms. The van der Waals surface area contributed by atoms with E-state index in [1.807, 2.05) is 54.6 Å². The smallest absolute Gasteiger partial charge is 0.272 e. The van der Waals surface area contributed by atoms with Crippen molar-refractivity contribution in [2.24, 2.45) is 0 Å². The maximum atomic E-state index is 12.7. The quantitative estimate of drug-likeness (QED) is 0.446. The molecule has 0 unspecified atom stereocenters. The zero-order valence-electron chi connectivity index (χ0n) is 17.6. The number of carbonyl (C=O) groups is 1. The number of ether oxygens (including phenoxy) is 1. The van der Waals surface area contributed by atoms with Crippen molar-refractivity contribution in [3.63, 3.8) is 0 Å². The number of nitrogens with one attached hydrogen (secondary N) is 1. The number of amides is 1. The van der Waals surface area contributed by atoms with E-state index in [2.05, 4.69) is 10.3 Å². The monoisotopic (exact) mass is 449 g/mol. The molecule has 7 nitrogen and oxygen atoms in total. The molecule has 0 saturated heterocycles. The number of imidazole rings is 1. The van der Waals surface area contributed by atoms with Gasteiger partial charge < -0.3 is 10.1 Å². The van der Waals surface area contributed by atoms with Crippen LogP contribution in [0.1, 0.15) is 21.6 Å². The molecule has 0 spiro atoms. The highest BCUT2D eigenvalue weighted by Gasteiger charge is 2.22. The predicted molar refractivity (Wildman–Crippen MR) is 122 cm³/mol. The van der Waals surface area contributed by atoms with E-state index < -0.39 is 15.7 Å². The Balaban J connectivity index is 1.35. The minimum absolute atomic E-state index is 0.0932. The summed E-state index contributed by atoms with van der Waals surface area (Å²) in [6.07, 6.45) is 3.27. The molecule has 2 heterocycles. The lowest BCUT2D eigenvalue weighted by atomic mass is 10.1. The fourth-order valence-corrected chi connectivity index (χ4v) is 4.11. The lowest BCUT2D eigenvalue weighted by Crippen LogP contribution is -2.26. The van der Waals surface area contributed by atoms with Crippen molar-refractivity contribution in [2.75, 3.05) is 12.8 Å². The molecule has 0 atom stereocenters. The third-order valence-electron chi connectivity index (χ3n) is 4.93. The molecule has 0 bridgehead atoms. The van der Waals surface area contributed by atoms with Gasteiger partial charge in [-0.2, -0.15) is 0 Å². The van der Waals surface area contributed by atoms with Crippen LogP contribution < -0.4 is 10.1 Å². The van der Waals surface area contributed by atoms with Crippen LogP contribution in [0.4, 0.5) is 0 Å². The summed E-state index contributed by atoms with van der Waals surface area (Å²) in [6.45, 7) is 0.896. The maximum Gasteiger partial charge on any atom is 0.272 e. The van der Waals surface area contributed by atoms with Gasteiger partial charge in [-0.15, -0.1) is 0 Å². The van der Waals surface area contributed by atoms with E-state index in [1.165, 1.54) is 4.40 Å². The van der Waals surface area contributed by atoms with Crippen molar-refractivity contribution < 1.29 is 17.9 Å². The molecule has 0 saturated carbocycles. The Kier molecular flexibility index (Phi) is 6.23. The normalized spacial score (nSPS) is 11.4. The number of hydrogen-bond acceptors (Lipinski definition) is 5. The van der Waals surface area contributed by atoms with Crippen molar-refractivity contribution in [2.45, 2.75) is 18.2 Å². The Bertz CT molecular complexity index is 1330. The summed E-state index contributed by atoms with van der Waals surface area (Å²) < 4.78 is 31.2. The number of hydrogen-bond donors (Lipinski definition) is 1. The van der Waals surface area contributed by atoms with Crippen molar-refractivity contribution in [1.82, 2.24) is 14.7 Å². The molecule has 4 rings (SSSR count). The fraction of sp³-hybridized carbons (Fsp3) is 0.167. The van der Waals surface area contributed by atoms with Crippen molar-refractivity contribution in [3.8, 4) is 5.75 Å². The second-order valence-corrected chi connectivity index (χ2v) is 9.30. The number of carbonyl (C=O) groups excluding carboxylic acids is 1. The van der Waals surface area contributed by atoms with Gasteiger partial charge in [-0.3, -0.25) is 9.20 Å². The Morgan fingerprint density at radius 2 is 1.69 bits per heavy atom. The number of nitrogens with zero attached hydrogens (tertiary/aromatic N) is 2. The van der Waals surface area contributed by atoms with Gasteiger partial charge in [-0.05, 0) is 41.8 Å². The van der Waals surface area contributed by atoms with Gasteiger partial charge in [0, 0.05) is 19.0 Å². The van der Waals surface area contributed by atoms with E-state index in [1.54, 1.807) is 24.4 Å². The molecule has 0 aliphatic carbocycles. The average molecular weight is 450 g/mol. The predicted octanol–water partition coefficient (Wildman–Crippen LogP) is 3.29. The first-order valence-electron chi connectivity index (χ1n) is 10.1. The number of pyridine rings is 1. The van der Waals surface area contributed by atoms with E-state index in [0.29, 0.717) is 25.1 Å². The molecule has 0 radical (unpaired) electrons. The summed E-state index contributed by atoms with van der Waals surface area (Å²) in [5.74, 6) is 0.367. The molecule has 1 amide bonds. The van der Waals surface area contributed by atoms with Crippen LogP contribution in [0, 0.1) is 0 Å². The first kappa shape index (κ1) is 21.6. The van der Waals surface area contributed by atoms with Gasteiger partial charge in [0.2, 0.25) is 15.0 Å². The summed E-state index contributed by atoms with van der Waals surface area (Å²) in [7, 11) is -3.57. The maximum absolute atomic E-state index is 12.7. The molecule has 32 heavy (non-hydrogen) atoms. The van der Waals surface area contributed by atoms with E-state index in [4.69, 9.17) is 4.74 Å². The third-order valence-corrected chi connectivity index (χ3v) is 5.88. The van der Waals surface area contributed by atoms with Gasteiger partial charge in [0.25, 0.3) is 5.91 Å². The number of sulfone groups is 1. The van der Waals surface area contributed by atoms with Crippen molar-refractivity contribution >= 4 is 21.3 Å². The summed E-state index contributed by atoms with van der Waals surface area (Å²) in [5.41, 5.74) is 2.69. The van der Waals surface area contributed by atoms with Gasteiger partial charge in [0.1, 0.15) is 12.4 Å². The highest BCUT2D eigenvalue weighted by Crippen LogP contribution is 2.17. The molecule has 2 aromatic carbocycles. The van der Waals surface area contributed by atoms with Gasteiger partial charge in [0.05, 0.1) is 5.52 Å². The topological polar surface area (TPSA) is 89.8 Å². The first-order chi connectivity index (χ1) is 15.4. The molecule has 4 aromatic rings. The van der Waals surface area contributed by atoms with Crippen LogP contribution in [0.25, 0.3) is 5.52 Å². The second-order valence-electron chi connectivity index (χ2n) is 7.40. The van der Waals surface area contributed by atoms with E-state index in [-0.39, 0.29) is 10.9 Å². The van der Waals surface area contributed by atoms with Gasteiger partial charge in [0.15, 0.2) is 5.69 Å². The average Bonchev–Trinajstić information content (AvgIpc) is 3.20. The zero-order chi connectivity index (χ0) is 22.6.